The minimum Gasteiger partial charge on any atom is -0.497 e. The van der Waals surface area contributed by atoms with Crippen LogP contribution < -0.4 is 16.0 Å². The number of ether oxygens (including phenoxy) is 1. The van der Waals surface area contributed by atoms with Crippen molar-refractivity contribution in [2.75, 3.05) is 12.9 Å². The molecule has 2 heterocycles. The molecule has 0 aliphatic carbocycles. The molecule has 0 spiro atoms. The lowest BCUT2D eigenvalue weighted by Crippen LogP contribution is -2.23. The first-order valence-electron chi connectivity index (χ1n) is 8.17. The Balaban J connectivity index is 2.00. The molecule has 3 N–H and O–H groups in total. The second kappa shape index (κ2) is 6.81. The number of primary amides is 1. The van der Waals surface area contributed by atoms with Crippen molar-refractivity contribution in [2.45, 2.75) is 5.16 Å². The van der Waals surface area contributed by atoms with Crippen molar-refractivity contribution in [1.82, 2.24) is 14.5 Å². The van der Waals surface area contributed by atoms with Gasteiger partial charge in [0, 0.05) is 10.9 Å². The summed E-state index contributed by atoms with van der Waals surface area (Å²) in [6.45, 7) is 0. The van der Waals surface area contributed by atoms with Crippen molar-refractivity contribution in [3.63, 3.8) is 0 Å². The van der Waals surface area contributed by atoms with Gasteiger partial charge >= 0.3 is 0 Å². The first-order chi connectivity index (χ1) is 13.1. The van der Waals surface area contributed by atoms with E-state index in [0.29, 0.717) is 27.6 Å². The van der Waals surface area contributed by atoms with Crippen molar-refractivity contribution in [3.05, 3.63) is 58.9 Å². The fourth-order valence-electron chi connectivity index (χ4n) is 2.93. The molecule has 0 fully saturated rings. The summed E-state index contributed by atoms with van der Waals surface area (Å²) in [5.41, 5.74) is 7.49. The quantitative estimate of drug-likeness (QED) is 0.409. The van der Waals surface area contributed by atoms with Crippen LogP contribution in [0, 0.1) is 0 Å². The number of carbonyl (C=O) groups is 1. The molecule has 4 aromatic rings. The molecule has 0 unspecified atom stereocenters. The molecule has 2 aromatic carbocycles. The Kier molecular flexibility index (Phi) is 4.33. The van der Waals surface area contributed by atoms with E-state index in [9.17, 15) is 9.59 Å². The standard InChI is InChI=1S/C19H16N4O3S/c1-26-12-8-6-11(7-9-12)23-18(25)17-16(22-19(23)27-10-15(20)24)13-4-2-3-5-14(13)21-17/h2-9,21H,10H2,1H3,(H2,20,24). The van der Waals surface area contributed by atoms with Gasteiger partial charge in [0.15, 0.2) is 5.16 Å². The first kappa shape index (κ1) is 17.2. The summed E-state index contributed by atoms with van der Waals surface area (Å²) in [4.78, 5) is 32.3. The molecule has 0 radical (unpaired) electrons. The lowest BCUT2D eigenvalue weighted by molar-refractivity contribution is -0.115. The second-order valence-electron chi connectivity index (χ2n) is 5.88. The average Bonchev–Trinajstić information content (AvgIpc) is 3.06. The molecule has 4 rings (SSSR count). The number of fused-ring (bicyclic) bond motifs is 3. The number of carbonyl (C=O) groups excluding carboxylic acids is 1. The highest BCUT2D eigenvalue weighted by Crippen LogP contribution is 2.26. The van der Waals surface area contributed by atoms with Gasteiger partial charge in [-0.2, -0.15) is 0 Å². The average molecular weight is 380 g/mol. The minimum atomic E-state index is -0.477. The number of nitrogens with two attached hydrogens (primary N) is 1. The fraction of sp³-hybridized carbons (Fsp3) is 0.105. The predicted octanol–water partition coefficient (Wildman–Crippen LogP) is 2.45. The number of nitrogens with zero attached hydrogens (tertiary/aromatic N) is 2. The van der Waals surface area contributed by atoms with Gasteiger partial charge in [-0.05, 0) is 30.3 Å². The van der Waals surface area contributed by atoms with E-state index in [1.165, 1.54) is 4.57 Å². The van der Waals surface area contributed by atoms with E-state index in [1.54, 1.807) is 31.4 Å². The van der Waals surface area contributed by atoms with Gasteiger partial charge in [0.2, 0.25) is 5.91 Å². The zero-order valence-corrected chi connectivity index (χ0v) is 15.2. The van der Waals surface area contributed by atoms with Gasteiger partial charge in [0.1, 0.15) is 16.8 Å². The van der Waals surface area contributed by atoms with E-state index < -0.39 is 5.91 Å². The molecule has 1 amide bonds. The van der Waals surface area contributed by atoms with Crippen molar-refractivity contribution in [2.24, 2.45) is 5.73 Å². The summed E-state index contributed by atoms with van der Waals surface area (Å²) in [5, 5.41) is 1.26. The molecular weight excluding hydrogens is 364 g/mol. The maximum absolute atomic E-state index is 13.2. The molecule has 0 bridgehead atoms. The maximum atomic E-state index is 13.2. The number of para-hydroxylation sites is 1. The number of hydrogen-bond donors (Lipinski definition) is 2. The Morgan fingerprint density at radius 1 is 1.22 bits per heavy atom. The van der Waals surface area contributed by atoms with Crippen molar-refractivity contribution < 1.29 is 9.53 Å². The third-order valence-electron chi connectivity index (χ3n) is 4.17. The third kappa shape index (κ3) is 3.04. The Morgan fingerprint density at radius 2 is 1.96 bits per heavy atom. The number of aromatic amines is 1. The molecule has 0 saturated heterocycles. The van der Waals surface area contributed by atoms with Gasteiger partial charge < -0.3 is 15.5 Å². The van der Waals surface area contributed by atoms with Crippen LogP contribution in [0.15, 0.2) is 58.5 Å². The van der Waals surface area contributed by atoms with Crippen LogP contribution in [-0.4, -0.2) is 33.3 Å². The highest BCUT2D eigenvalue weighted by Gasteiger charge is 2.17. The van der Waals surface area contributed by atoms with Crippen LogP contribution in [0.1, 0.15) is 0 Å². The summed E-state index contributed by atoms with van der Waals surface area (Å²) in [7, 11) is 1.58. The first-order valence-corrected chi connectivity index (χ1v) is 9.16. The van der Waals surface area contributed by atoms with Crippen LogP contribution >= 0.6 is 11.8 Å². The maximum Gasteiger partial charge on any atom is 0.283 e. The van der Waals surface area contributed by atoms with E-state index >= 15 is 0 Å². The third-order valence-corrected chi connectivity index (χ3v) is 5.13. The summed E-state index contributed by atoms with van der Waals surface area (Å²) in [6, 6.07) is 14.6. The Labute approximate surface area is 158 Å². The smallest absolute Gasteiger partial charge is 0.283 e. The number of benzene rings is 2. The predicted molar refractivity (Wildman–Crippen MR) is 106 cm³/mol. The molecule has 7 nitrogen and oxygen atoms in total. The van der Waals surface area contributed by atoms with Crippen molar-refractivity contribution >= 4 is 39.6 Å². The van der Waals surface area contributed by atoms with Crippen LogP contribution in [-0.2, 0) is 4.79 Å². The summed E-state index contributed by atoms with van der Waals surface area (Å²) < 4.78 is 6.66. The molecule has 136 valence electrons. The summed E-state index contributed by atoms with van der Waals surface area (Å²) in [5.74, 6) is 0.226. The van der Waals surface area contributed by atoms with Gasteiger partial charge in [-0.25, -0.2) is 4.98 Å². The van der Waals surface area contributed by atoms with E-state index in [2.05, 4.69) is 9.97 Å². The molecular formula is C19H16N4O3S. The van der Waals surface area contributed by atoms with Crippen LogP contribution in [0.4, 0.5) is 0 Å². The number of aromatic nitrogens is 3. The number of rotatable bonds is 5. The number of amides is 1. The monoisotopic (exact) mass is 380 g/mol. The summed E-state index contributed by atoms with van der Waals surface area (Å²) in [6.07, 6.45) is 0. The number of methoxy groups -OCH3 is 1. The molecule has 0 aliphatic rings. The Bertz CT molecular complexity index is 1210. The molecule has 2 aromatic heterocycles. The Morgan fingerprint density at radius 3 is 2.67 bits per heavy atom. The van der Waals surface area contributed by atoms with Gasteiger partial charge in [-0.1, -0.05) is 30.0 Å². The zero-order valence-electron chi connectivity index (χ0n) is 14.4. The number of thioether (sulfide) groups is 1. The van der Waals surface area contributed by atoms with Gasteiger partial charge in [-0.3, -0.25) is 14.2 Å². The van der Waals surface area contributed by atoms with Crippen LogP contribution in [0.3, 0.4) is 0 Å². The zero-order chi connectivity index (χ0) is 19.0. The van der Waals surface area contributed by atoms with Gasteiger partial charge in [-0.15, -0.1) is 0 Å². The highest BCUT2D eigenvalue weighted by atomic mass is 32.2. The second-order valence-corrected chi connectivity index (χ2v) is 6.82. The van der Waals surface area contributed by atoms with Crippen LogP contribution in [0.2, 0.25) is 0 Å². The Hall–Kier alpha value is -3.26. The number of H-pyrrole nitrogens is 1. The molecule has 0 aliphatic heterocycles. The molecule has 8 heteroatoms. The lowest BCUT2D eigenvalue weighted by Gasteiger charge is -2.12. The number of hydrogen-bond acceptors (Lipinski definition) is 5. The van der Waals surface area contributed by atoms with Crippen LogP contribution in [0.25, 0.3) is 27.6 Å². The van der Waals surface area contributed by atoms with E-state index in [0.717, 1.165) is 22.7 Å². The minimum absolute atomic E-state index is 0.0243. The largest absolute Gasteiger partial charge is 0.497 e. The molecule has 0 atom stereocenters. The molecule has 27 heavy (non-hydrogen) atoms. The van der Waals surface area contributed by atoms with Crippen LogP contribution in [0.5, 0.6) is 5.75 Å². The summed E-state index contributed by atoms with van der Waals surface area (Å²) >= 11 is 1.13. The van der Waals surface area contributed by atoms with Crippen molar-refractivity contribution in [1.29, 1.82) is 0 Å². The van der Waals surface area contributed by atoms with E-state index in [-0.39, 0.29) is 11.3 Å². The van der Waals surface area contributed by atoms with Gasteiger partial charge in [0.05, 0.1) is 18.6 Å². The highest BCUT2D eigenvalue weighted by molar-refractivity contribution is 7.99. The fourth-order valence-corrected chi connectivity index (χ4v) is 3.68. The number of nitrogens with one attached hydrogen (secondary N) is 1. The van der Waals surface area contributed by atoms with Crippen molar-refractivity contribution in [3.8, 4) is 11.4 Å². The molecule has 0 saturated carbocycles. The van der Waals surface area contributed by atoms with E-state index in [1.807, 2.05) is 24.3 Å². The lowest BCUT2D eigenvalue weighted by atomic mass is 10.2. The topological polar surface area (TPSA) is 103 Å². The SMILES string of the molecule is COc1ccc(-n2c(SCC(N)=O)nc3c([nH]c4ccccc43)c2=O)cc1. The van der Waals surface area contributed by atoms with E-state index in [4.69, 9.17) is 10.5 Å². The van der Waals surface area contributed by atoms with Gasteiger partial charge in [0.25, 0.3) is 5.56 Å². The normalized spacial score (nSPS) is 11.1.